The minimum atomic E-state index is -0.169. The van der Waals surface area contributed by atoms with Crippen LogP contribution in [0.3, 0.4) is 0 Å². The number of benzene rings is 1. The molecule has 0 spiro atoms. The van der Waals surface area contributed by atoms with Crippen LogP contribution in [0.2, 0.25) is 0 Å². The molecule has 1 atom stereocenters. The Kier molecular flexibility index (Phi) is 6.58. The fraction of sp³-hybridized carbons (Fsp3) is 0.500. The lowest BCUT2D eigenvalue weighted by atomic mass is 10.1. The number of aromatic nitrogens is 2. The van der Waals surface area contributed by atoms with Gasteiger partial charge < -0.3 is 19.3 Å². The molecule has 0 radical (unpaired) electrons. The minimum absolute atomic E-state index is 0.000595. The summed E-state index contributed by atoms with van der Waals surface area (Å²) in [5, 5.41) is 0. The van der Waals surface area contributed by atoms with Crippen molar-refractivity contribution in [3.05, 3.63) is 47.0 Å². The van der Waals surface area contributed by atoms with E-state index in [1.807, 2.05) is 34.9 Å². The molecule has 2 aromatic rings. The Bertz CT molecular complexity index is 1000. The summed E-state index contributed by atoms with van der Waals surface area (Å²) in [6.45, 7) is 4.11. The number of methoxy groups -OCH3 is 2. The van der Waals surface area contributed by atoms with E-state index in [4.69, 9.17) is 9.47 Å². The van der Waals surface area contributed by atoms with Gasteiger partial charge >= 0.3 is 0 Å². The number of carbonyl (C=O) groups is 2. The summed E-state index contributed by atoms with van der Waals surface area (Å²) in [4.78, 5) is 38.7. The van der Waals surface area contributed by atoms with Gasteiger partial charge in [-0.05, 0) is 50.3 Å². The van der Waals surface area contributed by atoms with Crippen molar-refractivity contribution in [2.24, 2.45) is 0 Å². The van der Waals surface area contributed by atoms with Crippen LogP contribution in [0.25, 0.3) is 0 Å². The molecule has 0 N–H and O–H groups in total. The Morgan fingerprint density at radius 2 is 1.81 bits per heavy atom. The predicted octanol–water partition coefficient (Wildman–Crippen LogP) is 2.94. The molecule has 32 heavy (non-hydrogen) atoms. The van der Waals surface area contributed by atoms with E-state index in [0.29, 0.717) is 35.1 Å². The number of hydrogen-bond donors (Lipinski definition) is 0. The van der Waals surface area contributed by atoms with Gasteiger partial charge in [-0.25, -0.2) is 9.97 Å². The first-order valence-electron chi connectivity index (χ1n) is 11.1. The standard InChI is InChI=1S/C24H30N4O4/c1-16-18(24(30)27-10-4-5-11-27)15-25-23(26-16)19-7-6-12-28(19)22(29)14-17-8-9-20(31-2)21(13-17)32-3/h8-9,13,15,19H,4-7,10-12,14H2,1-3H3. The Balaban J connectivity index is 1.49. The second-order valence-corrected chi connectivity index (χ2v) is 8.34. The molecular weight excluding hydrogens is 408 g/mol. The first kappa shape index (κ1) is 22.0. The van der Waals surface area contributed by atoms with Crippen LogP contribution in [0.15, 0.2) is 24.4 Å². The first-order chi connectivity index (χ1) is 15.5. The zero-order valence-corrected chi connectivity index (χ0v) is 19.0. The molecule has 0 aliphatic carbocycles. The summed E-state index contributed by atoms with van der Waals surface area (Å²) in [6, 6.07) is 5.36. The highest BCUT2D eigenvalue weighted by Crippen LogP contribution is 2.32. The fourth-order valence-electron chi connectivity index (χ4n) is 4.55. The summed E-state index contributed by atoms with van der Waals surface area (Å²) in [5.74, 6) is 1.87. The molecule has 0 bridgehead atoms. The Hall–Kier alpha value is -3.16. The number of hydrogen-bond acceptors (Lipinski definition) is 6. The lowest BCUT2D eigenvalue weighted by Gasteiger charge is -2.24. The van der Waals surface area contributed by atoms with Gasteiger partial charge in [-0.1, -0.05) is 6.07 Å². The normalized spacial score (nSPS) is 18.2. The van der Waals surface area contributed by atoms with E-state index in [0.717, 1.165) is 44.3 Å². The van der Waals surface area contributed by atoms with Crippen molar-refractivity contribution in [2.75, 3.05) is 33.9 Å². The summed E-state index contributed by atoms with van der Waals surface area (Å²) in [5.41, 5.74) is 2.09. The first-order valence-corrected chi connectivity index (χ1v) is 11.1. The van der Waals surface area contributed by atoms with Gasteiger partial charge in [0, 0.05) is 25.8 Å². The van der Waals surface area contributed by atoms with Gasteiger partial charge in [0.1, 0.15) is 0 Å². The van der Waals surface area contributed by atoms with E-state index in [1.165, 1.54) is 0 Å². The van der Waals surface area contributed by atoms with Crippen molar-refractivity contribution in [1.29, 1.82) is 0 Å². The van der Waals surface area contributed by atoms with Gasteiger partial charge in [-0.3, -0.25) is 9.59 Å². The van der Waals surface area contributed by atoms with Crippen molar-refractivity contribution in [3.63, 3.8) is 0 Å². The highest BCUT2D eigenvalue weighted by atomic mass is 16.5. The number of rotatable bonds is 6. The fourth-order valence-corrected chi connectivity index (χ4v) is 4.55. The van der Waals surface area contributed by atoms with E-state index in [9.17, 15) is 9.59 Å². The van der Waals surface area contributed by atoms with Crippen molar-refractivity contribution in [1.82, 2.24) is 19.8 Å². The number of aryl methyl sites for hydroxylation is 1. The molecule has 3 heterocycles. The average Bonchev–Trinajstić information content (AvgIpc) is 3.51. The topological polar surface area (TPSA) is 84.9 Å². The predicted molar refractivity (Wildman–Crippen MR) is 119 cm³/mol. The highest BCUT2D eigenvalue weighted by molar-refractivity contribution is 5.95. The molecule has 8 heteroatoms. The molecular formula is C24H30N4O4. The Morgan fingerprint density at radius 1 is 1.06 bits per heavy atom. The quantitative estimate of drug-likeness (QED) is 0.689. The molecule has 2 amide bonds. The van der Waals surface area contributed by atoms with E-state index >= 15 is 0 Å². The van der Waals surface area contributed by atoms with Crippen molar-refractivity contribution in [2.45, 2.75) is 45.1 Å². The molecule has 2 aliphatic rings. The molecule has 2 fully saturated rings. The summed E-state index contributed by atoms with van der Waals surface area (Å²) in [6.07, 6.45) is 5.70. The smallest absolute Gasteiger partial charge is 0.257 e. The zero-order chi connectivity index (χ0) is 22.7. The van der Waals surface area contributed by atoms with Gasteiger partial charge in [0.05, 0.1) is 37.9 Å². The lowest BCUT2D eigenvalue weighted by Crippen LogP contribution is -2.33. The number of nitrogens with zero attached hydrogens (tertiary/aromatic N) is 4. The van der Waals surface area contributed by atoms with Crippen LogP contribution in [-0.2, 0) is 11.2 Å². The molecule has 0 saturated carbocycles. The Labute approximate surface area is 188 Å². The maximum Gasteiger partial charge on any atom is 0.257 e. The van der Waals surface area contributed by atoms with Gasteiger partial charge in [-0.2, -0.15) is 0 Å². The van der Waals surface area contributed by atoms with E-state index in [1.54, 1.807) is 20.4 Å². The van der Waals surface area contributed by atoms with Crippen molar-refractivity contribution in [3.8, 4) is 11.5 Å². The van der Waals surface area contributed by atoms with E-state index < -0.39 is 0 Å². The molecule has 1 aromatic heterocycles. The monoisotopic (exact) mass is 438 g/mol. The summed E-state index contributed by atoms with van der Waals surface area (Å²) >= 11 is 0. The zero-order valence-electron chi connectivity index (χ0n) is 19.0. The van der Waals surface area contributed by atoms with E-state index in [2.05, 4.69) is 9.97 Å². The summed E-state index contributed by atoms with van der Waals surface area (Å²) in [7, 11) is 3.17. The molecule has 2 aliphatic heterocycles. The third kappa shape index (κ3) is 4.40. The van der Waals surface area contributed by atoms with Crippen LogP contribution in [0.1, 0.15) is 59.2 Å². The van der Waals surface area contributed by atoms with Gasteiger partial charge in [0.2, 0.25) is 5.91 Å². The number of likely N-dealkylation sites (tertiary alicyclic amines) is 2. The van der Waals surface area contributed by atoms with Gasteiger partial charge in [0.15, 0.2) is 17.3 Å². The van der Waals surface area contributed by atoms with Gasteiger partial charge in [-0.15, -0.1) is 0 Å². The molecule has 4 rings (SSSR count). The van der Waals surface area contributed by atoms with Crippen molar-refractivity contribution >= 4 is 11.8 Å². The number of ether oxygens (including phenoxy) is 2. The van der Waals surface area contributed by atoms with Crippen LogP contribution in [0.4, 0.5) is 0 Å². The largest absolute Gasteiger partial charge is 0.493 e. The second kappa shape index (κ2) is 9.54. The number of amides is 2. The molecule has 170 valence electrons. The average molecular weight is 439 g/mol. The van der Waals surface area contributed by atoms with Crippen LogP contribution >= 0.6 is 0 Å². The Morgan fingerprint density at radius 3 is 2.50 bits per heavy atom. The third-order valence-corrected chi connectivity index (χ3v) is 6.30. The van der Waals surface area contributed by atoms with Crippen LogP contribution in [-0.4, -0.2) is 65.4 Å². The van der Waals surface area contributed by atoms with Crippen molar-refractivity contribution < 1.29 is 19.1 Å². The molecule has 1 unspecified atom stereocenters. The second-order valence-electron chi connectivity index (χ2n) is 8.34. The third-order valence-electron chi connectivity index (χ3n) is 6.30. The summed E-state index contributed by atoms with van der Waals surface area (Å²) < 4.78 is 10.6. The molecule has 8 nitrogen and oxygen atoms in total. The van der Waals surface area contributed by atoms with Crippen LogP contribution in [0, 0.1) is 6.92 Å². The maximum absolute atomic E-state index is 13.1. The molecule has 2 saturated heterocycles. The highest BCUT2D eigenvalue weighted by Gasteiger charge is 2.33. The molecule has 1 aromatic carbocycles. The lowest BCUT2D eigenvalue weighted by molar-refractivity contribution is -0.131. The van der Waals surface area contributed by atoms with Gasteiger partial charge in [0.25, 0.3) is 5.91 Å². The van der Waals surface area contributed by atoms with E-state index in [-0.39, 0.29) is 24.3 Å². The van der Waals surface area contributed by atoms with Crippen LogP contribution in [0.5, 0.6) is 11.5 Å². The SMILES string of the molecule is COc1ccc(CC(=O)N2CCCC2c2ncc(C(=O)N3CCCC3)c(C)n2)cc1OC. The number of carbonyl (C=O) groups excluding carboxylic acids is 2. The minimum Gasteiger partial charge on any atom is -0.493 e. The maximum atomic E-state index is 13.1. The van der Waals surface area contributed by atoms with Crippen LogP contribution < -0.4 is 9.47 Å².